The molecule has 4 heteroatoms. The van der Waals surface area contributed by atoms with E-state index in [2.05, 4.69) is 10.6 Å². The Morgan fingerprint density at radius 3 is 2.45 bits per heavy atom. The summed E-state index contributed by atoms with van der Waals surface area (Å²) in [5.41, 5.74) is -0.616. The van der Waals surface area contributed by atoms with E-state index in [1.54, 1.807) is 0 Å². The number of hydrogen-bond donors (Lipinski definition) is 3. The second-order valence-corrected chi connectivity index (χ2v) is 6.39. The maximum atomic E-state index is 12.6. The van der Waals surface area contributed by atoms with Crippen molar-refractivity contribution in [1.29, 1.82) is 0 Å². The van der Waals surface area contributed by atoms with Gasteiger partial charge < -0.3 is 15.7 Å². The molecule has 0 spiro atoms. The van der Waals surface area contributed by atoms with E-state index in [1.807, 2.05) is 30.3 Å². The molecule has 1 saturated heterocycles. The summed E-state index contributed by atoms with van der Waals surface area (Å²) < 4.78 is 0. The number of carbonyl (C=O) groups is 1. The van der Waals surface area contributed by atoms with Gasteiger partial charge in [-0.25, -0.2) is 0 Å². The van der Waals surface area contributed by atoms with Crippen molar-refractivity contribution >= 4 is 5.91 Å². The highest BCUT2D eigenvalue weighted by atomic mass is 16.3. The van der Waals surface area contributed by atoms with Crippen LogP contribution in [0.2, 0.25) is 0 Å². The van der Waals surface area contributed by atoms with Crippen LogP contribution in [0.4, 0.5) is 0 Å². The van der Waals surface area contributed by atoms with Crippen LogP contribution in [0.3, 0.4) is 0 Å². The van der Waals surface area contributed by atoms with Gasteiger partial charge in [0.25, 0.3) is 5.91 Å². The minimum absolute atomic E-state index is 0.0709. The van der Waals surface area contributed by atoms with Crippen LogP contribution in [0.5, 0.6) is 0 Å². The zero-order valence-electron chi connectivity index (χ0n) is 11.4. The second-order valence-electron chi connectivity index (χ2n) is 6.39. The first kappa shape index (κ1) is 12.4. The number of nitrogens with one attached hydrogen (secondary N) is 2. The standard InChI is InChI=1S/C16H20N2O2/c19-15(18-14-12-8-17-9-13(12)14)16(20,11-6-7-11)10-4-2-1-3-5-10/h1-5,11-14,17,20H,6-9H2,(H,18,19). The largest absolute Gasteiger partial charge is 0.375 e. The third kappa shape index (κ3) is 1.79. The summed E-state index contributed by atoms with van der Waals surface area (Å²) in [4.78, 5) is 12.6. The molecule has 1 heterocycles. The van der Waals surface area contributed by atoms with Crippen LogP contribution in [0.15, 0.2) is 30.3 Å². The molecule has 0 radical (unpaired) electrons. The molecule has 1 amide bonds. The lowest BCUT2D eigenvalue weighted by atomic mass is 9.87. The minimum atomic E-state index is -1.34. The van der Waals surface area contributed by atoms with Crippen LogP contribution in [-0.2, 0) is 10.4 Å². The molecule has 2 saturated carbocycles. The van der Waals surface area contributed by atoms with Crippen molar-refractivity contribution in [1.82, 2.24) is 10.6 Å². The van der Waals surface area contributed by atoms with Gasteiger partial charge in [-0.1, -0.05) is 30.3 Å². The summed E-state index contributed by atoms with van der Waals surface area (Å²) in [6.07, 6.45) is 1.86. The third-order valence-corrected chi connectivity index (χ3v) is 5.12. The van der Waals surface area contributed by atoms with E-state index < -0.39 is 5.60 Å². The number of aliphatic hydroxyl groups is 1. The average molecular weight is 272 g/mol. The number of piperidine rings is 1. The van der Waals surface area contributed by atoms with Crippen LogP contribution in [0, 0.1) is 17.8 Å². The first-order chi connectivity index (χ1) is 9.71. The Labute approximate surface area is 118 Å². The number of fused-ring (bicyclic) bond motifs is 1. The van der Waals surface area contributed by atoms with Crippen LogP contribution in [-0.4, -0.2) is 30.1 Å². The average Bonchev–Trinajstić information content (AvgIpc) is 3.38. The SMILES string of the molecule is O=C(NC1C2CNCC21)C(O)(c1ccccc1)C1CC1. The quantitative estimate of drug-likeness (QED) is 0.753. The van der Waals surface area contributed by atoms with Crippen LogP contribution >= 0.6 is 0 Å². The van der Waals surface area contributed by atoms with Crippen molar-refractivity contribution in [3.8, 4) is 0 Å². The smallest absolute Gasteiger partial charge is 0.257 e. The Morgan fingerprint density at radius 1 is 1.20 bits per heavy atom. The fourth-order valence-electron chi connectivity index (χ4n) is 3.64. The number of benzene rings is 1. The monoisotopic (exact) mass is 272 g/mol. The molecule has 0 bridgehead atoms. The van der Waals surface area contributed by atoms with E-state index in [0.717, 1.165) is 31.5 Å². The molecule has 106 valence electrons. The van der Waals surface area contributed by atoms with Crippen molar-refractivity contribution in [3.63, 3.8) is 0 Å². The molecule has 0 aromatic heterocycles. The molecular formula is C16H20N2O2. The van der Waals surface area contributed by atoms with Gasteiger partial charge in [-0.2, -0.15) is 0 Å². The van der Waals surface area contributed by atoms with Crippen molar-refractivity contribution in [3.05, 3.63) is 35.9 Å². The normalized spacial score (nSPS) is 34.1. The number of amides is 1. The zero-order valence-corrected chi connectivity index (χ0v) is 11.4. The molecular weight excluding hydrogens is 252 g/mol. The Bertz CT molecular complexity index is 519. The van der Waals surface area contributed by atoms with Gasteiger partial charge in [-0.05, 0) is 30.2 Å². The second kappa shape index (κ2) is 4.30. The van der Waals surface area contributed by atoms with Crippen molar-refractivity contribution in [2.75, 3.05) is 13.1 Å². The molecule has 3 aliphatic rings. The lowest BCUT2D eigenvalue weighted by Gasteiger charge is -2.28. The first-order valence-corrected chi connectivity index (χ1v) is 7.51. The minimum Gasteiger partial charge on any atom is -0.375 e. The van der Waals surface area contributed by atoms with Gasteiger partial charge in [0.2, 0.25) is 0 Å². The highest BCUT2D eigenvalue weighted by Gasteiger charge is 2.57. The third-order valence-electron chi connectivity index (χ3n) is 5.12. The molecule has 4 nitrogen and oxygen atoms in total. The van der Waals surface area contributed by atoms with Crippen LogP contribution < -0.4 is 10.6 Å². The Hall–Kier alpha value is -1.39. The fourth-order valence-corrected chi connectivity index (χ4v) is 3.64. The van der Waals surface area contributed by atoms with Gasteiger partial charge in [0, 0.05) is 25.0 Å². The van der Waals surface area contributed by atoms with E-state index in [-0.39, 0.29) is 17.9 Å². The molecule has 3 N–H and O–H groups in total. The number of hydrogen-bond acceptors (Lipinski definition) is 3. The maximum Gasteiger partial charge on any atom is 0.257 e. The molecule has 1 aromatic carbocycles. The summed E-state index contributed by atoms with van der Waals surface area (Å²) >= 11 is 0. The molecule has 1 aromatic rings. The predicted molar refractivity (Wildman–Crippen MR) is 74.8 cm³/mol. The topological polar surface area (TPSA) is 61.4 Å². The summed E-state index contributed by atoms with van der Waals surface area (Å²) in [6.45, 7) is 1.98. The first-order valence-electron chi connectivity index (χ1n) is 7.51. The van der Waals surface area contributed by atoms with Gasteiger partial charge in [-0.3, -0.25) is 4.79 Å². The van der Waals surface area contributed by atoms with Gasteiger partial charge in [0.05, 0.1) is 0 Å². The van der Waals surface area contributed by atoms with Gasteiger partial charge in [-0.15, -0.1) is 0 Å². The molecule has 1 aliphatic heterocycles. The summed E-state index contributed by atoms with van der Waals surface area (Å²) in [5, 5.41) is 17.4. The van der Waals surface area contributed by atoms with E-state index >= 15 is 0 Å². The van der Waals surface area contributed by atoms with E-state index in [1.165, 1.54) is 0 Å². The Balaban J connectivity index is 1.55. The molecule has 3 atom stereocenters. The lowest BCUT2D eigenvalue weighted by molar-refractivity contribution is -0.143. The Kier molecular flexibility index (Phi) is 2.66. The van der Waals surface area contributed by atoms with Gasteiger partial charge >= 0.3 is 0 Å². The zero-order chi connectivity index (χ0) is 13.7. The van der Waals surface area contributed by atoms with Gasteiger partial charge in [0.15, 0.2) is 5.60 Å². The van der Waals surface area contributed by atoms with Crippen LogP contribution in [0.25, 0.3) is 0 Å². The lowest BCUT2D eigenvalue weighted by Crippen LogP contribution is -2.48. The van der Waals surface area contributed by atoms with E-state index in [4.69, 9.17) is 0 Å². The molecule has 2 aliphatic carbocycles. The molecule has 20 heavy (non-hydrogen) atoms. The van der Waals surface area contributed by atoms with Crippen LogP contribution in [0.1, 0.15) is 18.4 Å². The van der Waals surface area contributed by atoms with Gasteiger partial charge in [0.1, 0.15) is 0 Å². The van der Waals surface area contributed by atoms with E-state index in [9.17, 15) is 9.90 Å². The number of rotatable bonds is 4. The summed E-state index contributed by atoms with van der Waals surface area (Å²) in [5.74, 6) is 1.00. The molecule has 3 fully saturated rings. The molecule has 3 unspecified atom stereocenters. The fraction of sp³-hybridized carbons (Fsp3) is 0.562. The molecule has 4 rings (SSSR count). The van der Waals surface area contributed by atoms with Crippen molar-refractivity contribution in [2.45, 2.75) is 24.5 Å². The Morgan fingerprint density at radius 2 is 1.85 bits per heavy atom. The maximum absolute atomic E-state index is 12.6. The summed E-state index contributed by atoms with van der Waals surface area (Å²) in [6, 6.07) is 9.64. The summed E-state index contributed by atoms with van der Waals surface area (Å²) in [7, 11) is 0. The highest BCUT2D eigenvalue weighted by molar-refractivity contribution is 5.87. The van der Waals surface area contributed by atoms with Crippen molar-refractivity contribution in [2.24, 2.45) is 17.8 Å². The van der Waals surface area contributed by atoms with Crippen molar-refractivity contribution < 1.29 is 9.90 Å². The van der Waals surface area contributed by atoms with E-state index in [0.29, 0.717) is 11.8 Å². The predicted octanol–water partition coefficient (Wildman–Crippen LogP) is 0.618. The number of carbonyl (C=O) groups excluding carboxylic acids is 1. The highest BCUT2D eigenvalue weighted by Crippen LogP contribution is 2.47.